The number of anilines is 1. The number of hydrogen-bond donors (Lipinski definition) is 1. The Morgan fingerprint density at radius 2 is 1.69 bits per heavy atom. The van der Waals surface area contributed by atoms with E-state index >= 15 is 0 Å². The van der Waals surface area contributed by atoms with Gasteiger partial charge in [0.25, 0.3) is 5.56 Å². The first-order valence-corrected chi connectivity index (χ1v) is 14.4. The summed E-state index contributed by atoms with van der Waals surface area (Å²) in [5, 5.41) is 14.3. The van der Waals surface area contributed by atoms with Crippen LogP contribution < -0.4 is 10.5 Å². The third-order valence-corrected chi connectivity index (χ3v) is 8.90. The van der Waals surface area contributed by atoms with Crippen molar-refractivity contribution in [3.8, 4) is 0 Å². The summed E-state index contributed by atoms with van der Waals surface area (Å²) in [5.41, 5.74) is 7.78. The summed E-state index contributed by atoms with van der Waals surface area (Å²) in [6.07, 6.45) is 5.81. The molecule has 1 aliphatic heterocycles. The van der Waals surface area contributed by atoms with Crippen molar-refractivity contribution < 1.29 is 0 Å². The molecule has 1 atom stereocenters. The zero-order chi connectivity index (χ0) is 27.1. The summed E-state index contributed by atoms with van der Waals surface area (Å²) in [5.74, 6) is 0.788. The van der Waals surface area contributed by atoms with E-state index in [9.17, 15) is 4.79 Å². The number of aromatic amines is 1. The Kier molecular flexibility index (Phi) is 6.97. The first-order chi connectivity index (χ1) is 18.9. The molecule has 6 rings (SSSR count). The third kappa shape index (κ3) is 4.86. The maximum atomic E-state index is 13.7. The average molecular weight is 526 g/mol. The summed E-state index contributed by atoms with van der Waals surface area (Å²) < 4.78 is 2.03. The van der Waals surface area contributed by atoms with Crippen molar-refractivity contribution in [3.05, 3.63) is 80.4 Å². The highest BCUT2D eigenvalue weighted by atomic mass is 16.1. The second-order valence-corrected chi connectivity index (χ2v) is 11.5. The van der Waals surface area contributed by atoms with Gasteiger partial charge in [-0.05, 0) is 91.2 Å². The van der Waals surface area contributed by atoms with Crippen LogP contribution >= 0.6 is 0 Å². The van der Waals surface area contributed by atoms with E-state index in [2.05, 4.69) is 94.4 Å². The molecule has 2 aliphatic rings. The molecule has 1 aliphatic carbocycles. The lowest BCUT2D eigenvalue weighted by Crippen LogP contribution is -2.49. The van der Waals surface area contributed by atoms with Gasteiger partial charge in [-0.1, -0.05) is 43.0 Å². The molecule has 2 fully saturated rings. The van der Waals surface area contributed by atoms with Crippen LogP contribution in [0.25, 0.3) is 10.9 Å². The van der Waals surface area contributed by atoms with Gasteiger partial charge in [-0.25, -0.2) is 4.68 Å². The second kappa shape index (κ2) is 10.6. The van der Waals surface area contributed by atoms with Crippen LogP contribution in [0.3, 0.4) is 0 Å². The maximum absolute atomic E-state index is 13.7. The Morgan fingerprint density at radius 3 is 2.46 bits per heavy atom. The second-order valence-electron chi connectivity index (χ2n) is 11.5. The number of fused-ring (bicyclic) bond motifs is 1. The number of piperazine rings is 1. The van der Waals surface area contributed by atoms with Gasteiger partial charge in [0.15, 0.2) is 5.82 Å². The van der Waals surface area contributed by atoms with Crippen LogP contribution in [-0.2, 0) is 0 Å². The van der Waals surface area contributed by atoms with E-state index < -0.39 is 0 Å². The minimum absolute atomic E-state index is 0.0606. The number of aromatic nitrogens is 5. The molecule has 2 aromatic carbocycles. The number of nitrogens with one attached hydrogen (secondary N) is 1. The van der Waals surface area contributed by atoms with Crippen LogP contribution in [0.4, 0.5) is 5.69 Å². The Labute approximate surface area is 230 Å². The molecular formula is C31H39N7O. The Hall–Kier alpha value is -3.52. The molecule has 0 bridgehead atoms. The van der Waals surface area contributed by atoms with Crippen LogP contribution in [0.15, 0.2) is 41.2 Å². The molecule has 39 heavy (non-hydrogen) atoms. The zero-order valence-electron chi connectivity index (χ0n) is 23.6. The number of tetrazole rings is 1. The van der Waals surface area contributed by atoms with Crippen LogP contribution in [-0.4, -0.2) is 56.3 Å². The zero-order valence-corrected chi connectivity index (χ0v) is 23.6. The third-order valence-electron chi connectivity index (χ3n) is 8.90. The number of benzene rings is 2. The highest BCUT2D eigenvalue weighted by Crippen LogP contribution is 2.34. The van der Waals surface area contributed by atoms with Crippen molar-refractivity contribution in [1.29, 1.82) is 0 Å². The van der Waals surface area contributed by atoms with Gasteiger partial charge < -0.3 is 9.88 Å². The minimum Gasteiger partial charge on any atom is -0.369 e. The summed E-state index contributed by atoms with van der Waals surface area (Å²) in [6.45, 7) is 11.9. The SMILES string of the molecule is Cc1cc(C)c2[nH]c(=O)c([C@@H](c3nnnn3C3CCCCC3)N3CCN(c4cccc(C)c4C)CC3)cc2c1. The van der Waals surface area contributed by atoms with Gasteiger partial charge in [0, 0.05) is 37.4 Å². The Bertz CT molecular complexity index is 1540. The number of rotatable bonds is 5. The van der Waals surface area contributed by atoms with Crippen LogP contribution in [0.1, 0.15) is 77.8 Å². The molecule has 4 aromatic rings. The smallest absolute Gasteiger partial charge is 0.253 e. The molecule has 8 nitrogen and oxygen atoms in total. The fraction of sp³-hybridized carbons (Fsp3) is 0.484. The Balaban J connectivity index is 1.40. The first-order valence-electron chi connectivity index (χ1n) is 14.4. The van der Waals surface area contributed by atoms with Crippen molar-refractivity contribution in [2.24, 2.45) is 0 Å². The van der Waals surface area contributed by atoms with E-state index in [1.165, 1.54) is 41.6 Å². The molecule has 0 unspecified atom stereocenters. The Morgan fingerprint density at radius 1 is 0.923 bits per heavy atom. The number of hydrogen-bond acceptors (Lipinski definition) is 6. The topological polar surface area (TPSA) is 82.9 Å². The lowest BCUT2D eigenvalue weighted by molar-refractivity contribution is 0.192. The molecule has 3 heterocycles. The average Bonchev–Trinajstić information content (AvgIpc) is 3.42. The largest absolute Gasteiger partial charge is 0.369 e. The monoisotopic (exact) mass is 525 g/mol. The normalized spacial score (nSPS) is 18.1. The molecule has 1 saturated heterocycles. The van der Waals surface area contributed by atoms with Crippen molar-refractivity contribution in [1.82, 2.24) is 30.1 Å². The number of nitrogens with zero attached hydrogens (tertiary/aromatic N) is 6. The summed E-state index contributed by atoms with van der Waals surface area (Å²) in [6, 6.07) is 12.9. The van der Waals surface area contributed by atoms with Gasteiger partial charge in [0.05, 0.1) is 11.6 Å². The molecular weight excluding hydrogens is 486 g/mol. The molecule has 2 aromatic heterocycles. The van der Waals surface area contributed by atoms with E-state index in [0.29, 0.717) is 0 Å². The van der Waals surface area contributed by atoms with Crippen LogP contribution in [0.2, 0.25) is 0 Å². The van der Waals surface area contributed by atoms with Gasteiger partial charge in [-0.15, -0.1) is 5.10 Å². The van der Waals surface area contributed by atoms with Gasteiger partial charge in [-0.2, -0.15) is 0 Å². The number of aryl methyl sites for hydroxylation is 3. The quantitative estimate of drug-likeness (QED) is 0.387. The minimum atomic E-state index is -0.309. The predicted molar refractivity (Wildman–Crippen MR) is 156 cm³/mol. The number of pyridine rings is 1. The van der Waals surface area contributed by atoms with E-state index in [0.717, 1.165) is 66.9 Å². The number of H-pyrrole nitrogens is 1. The molecule has 1 saturated carbocycles. The molecule has 0 radical (unpaired) electrons. The highest BCUT2D eigenvalue weighted by Gasteiger charge is 2.34. The maximum Gasteiger partial charge on any atom is 0.253 e. The van der Waals surface area contributed by atoms with E-state index in [4.69, 9.17) is 0 Å². The summed E-state index contributed by atoms with van der Waals surface area (Å²) in [7, 11) is 0. The van der Waals surface area contributed by atoms with Crippen LogP contribution in [0, 0.1) is 27.7 Å². The van der Waals surface area contributed by atoms with Gasteiger partial charge in [-0.3, -0.25) is 9.69 Å². The van der Waals surface area contributed by atoms with Crippen molar-refractivity contribution in [2.45, 2.75) is 71.9 Å². The lowest BCUT2D eigenvalue weighted by Gasteiger charge is -2.40. The standard InChI is InChI=1S/C31H39N7O/c1-20-17-22(3)28-24(18-20)19-26(31(39)32-28)29(30-33-34-35-38(30)25-10-6-5-7-11-25)37-15-13-36(14-16-37)27-12-8-9-21(2)23(27)4/h8-9,12,17-19,25,29H,5-7,10-11,13-16H2,1-4H3,(H,32,39)/t29-/m0/s1. The van der Waals surface area contributed by atoms with Gasteiger partial charge in [0.2, 0.25) is 0 Å². The van der Waals surface area contributed by atoms with Crippen LogP contribution in [0.5, 0.6) is 0 Å². The van der Waals surface area contributed by atoms with Crippen molar-refractivity contribution >= 4 is 16.6 Å². The predicted octanol–water partition coefficient (Wildman–Crippen LogP) is 5.17. The summed E-state index contributed by atoms with van der Waals surface area (Å²) in [4.78, 5) is 21.8. The first kappa shape index (κ1) is 25.7. The fourth-order valence-corrected chi connectivity index (χ4v) is 6.67. The van der Waals surface area contributed by atoms with E-state index in [1.807, 2.05) is 4.68 Å². The summed E-state index contributed by atoms with van der Waals surface area (Å²) >= 11 is 0. The molecule has 8 heteroatoms. The lowest BCUT2D eigenvalue weighted by atomic mass is 9.94. The van der Waals surface area contributed by atoms with Crippen molar-refractivity contribution in [3.63, 3.8) is 0 Å². The van der Waals surface area contributed by atoms with Crippen molar-refractivity contribution in [2.75, 3.05) is 31.1 Å². The van der Waals surface area contributed by atoms with E-state index in [-0.39, 0.29) is 17.6 Å². The highest BCUT2D eigenvalue weighted by molar-refractivity contribution is 5.83. The fourth-order valence-electron chi connectivity index (χ4n) is 6.67. The van der Waals surface area contributed by atoms with Gasteiger partial charge in [0.1, 0.15) is 6.04 Å². The molecule has 0 amide bonds. The van der Waals surface area contributed by atoms with E-state index in [1.54, 1.807) is 0 Å². The molecule has 204 valence electrons. The van der Waals surface area contributed by atoms with Gasteiger partial charge >= 0.3 is 0 Å². The molecule has 1 N–H and O–H groups in total. The molecule has 0 spiro atoms.